The molecular formula is C16H25BN2O4. The van der Waals surface area contributed by atoms with Gasteiger partial charge in [0.15, 0.2) is 0 Å². The topological polar surface area (TPSA) is 102 Å². The maximum absolute atomic E-state index is 12.1. The number of likely N-dealkylation sites (N-methyl/N-ethyl adjacent to an activating group) is 1. The molecule has 23 heavy (non-hydrogen) atoms. The van der Waals surface area contributed by atoms with Crippen molar-refractivity contribution in [2.45, 2.75) is 37.7 Å². The zero-order chi connectivity index (χ0) is 17.0. The number of benzene rings is 1. The molecule has 126 valence electrons. The Morgan fingerprint density at radius 3 is 2.70 bits per heavy atom. The van der Waals surface area contributed by atoms with Crippen LogP contribution in [0.4, 0.5) is 0 Å². The molecule has 1 aromatic rings. The molecule has 0 spiro atoms. The first kappa shape index (κ1) is 17.9. The molecule has 1 aliphatic carbocycles. The third-order valence-electron chi connectivity index (χ3n) is 4.87. The van der Waals surface area contributed by atoms with Gasteiger partial charge in [0.25, 0.3) is 0 Å². The Morgan fingerprint density at radius 1 is 1.39 bits per heavy atom. The van der Waals surface area contributed by atoms with Crippen LogP contribution in [0.25, 0.3) is 0 Å². The van der Waals surface area contributed by atoms with Gasteiger partial charge in [0.2, 0.25) is 0 Å². The molecule has 0 saturated carbocycles. The summed E-state index contributed by atoms with van der Waals surface area (Å²) in [7, 11) is 2.21. The lowest BCUT2D eigenvalue weighted by Crippen LogP contribution is -2.51. The lowest BCUT2D eigenvalue weighted by Gasteiger charge is -2.32. The fraction of sp³-hybridized carbons (Fsp3) is 0.562. The van der Waals surface area contributed by atoms with E-state index >= 15 is 0 Å². The number of hydrogen-bond donors (Lipinski definition) is 5. The third-order valence-corrected chi connectivity index (χ3v) is 4.87. The molecule has 2 atom stereocenters. The van der Waals surface area contributed by atoms with Gasteiger partial charge in [-0.25, -0.2) is 4.79 Å². The Kier molecular flexibility index (Phi) is 5.81. The van der Waals surface area contributed by atoms with E-state index < -0.39 is 18.6 Å². The maximum atomic E-state index is 12.1. The molecule has 0 radical (unpaired) electrons. The molecule has 0 saturated heterocycles. The lowest BCUT2D eigenvalue weighted by molar-refractivity contribution is -0.147. The summed E-state index contributed by atoms with van der Waals surface area (Å²) in [5.74, 6) is -0.994. The van der Waals surface area contributed by atoms with Gasteiger partial charge in [0.05, 0.1) is 0 Å². The molecule has 0 bridgehead atoms. The average Bonchev–Trinajstić information content (AvgIpc) is 2.82. The number of carbonyl (C=O) groups is 1. The molecule has 0 amide bonds. The Hall–Kier alpha value is -1.41. The van der Waals surface area contributed by atoms with Crippen LogP contribution in [0.15, 0.2) is 18.2 Å². The number of hydrogen-bond acceptors (Lipinski definition) is 5. The zero-order valence-corrected chi connectivity index (χ0v) is 13.7. The van der Waals surface area contributed by atoms with Crippen molar-refractivity contribution in [2.75, 3.05) is 14.1 Å². The zero-order valence-electron chi connectivity index (χ0n) is 13.7. The van der Waals surface area contributed by atoms with E-state index in [-0.39, 0.29) is 12.2 Å². The van der Waals surface area contributed by atoms with Crippen molar-refractivity contribution in [1.29, 1.82) is 0 Å². The Labute approximate surface area is 137 Å². The standard InChI is InChI=1S/C16H25BN2O4/c1-18-10-11-5-3-7-14-13(11)9-12(6-4-8-17(22)23)16(14,19-2)15(20)21/h3,5,7,12,18-19,22-23H,4,6,8-10H2,1-2H3,(H,20,21). The number of fused-ring (bicyclic) bond motifs is 1. The highest BCUT2D eigenvalue weighted by molar-refractivity contribution is 6.40. The molecule has 5 N–H and O–H groups in total. The van der Waals surface area contributed by atoms with E-state index in [1.807, 2.05) is 25.2 Å². The smallest absolute Gasteiger partial charge is 0.451 e. The highest BCUT2D eigenvalue weighted by atomic mass is 16.4. The summed E-state index contributed by atoms with van der Waals surface area (Å²) in [5.41, 5.74) is 1.93. The summed E-state index contributed by atoms with van der Waals surface area (Å²) in [6.07, 6.45) is 2.14. The summed E-state index contributed by atoms with van der Waals surface area (Å²) in [6, 6.07) is 5.82. The third kappa shape index (κ3) is 3.28. The van der Waals surface area contributed by atoms with E-state index in [0.29, 0.717) is 25.8 Å². The van der Waals surface area contributed by atoms with Crippen LogP contribution in [0.2, 0.25) is 6.32 Å². The molecule has 1 aliphatic rings. The minimum atomic E-state index is -1.34. The van der Waals surface area contributed by atoms with Gasteiger partial charge in [0.1, 0.15) is 5.54 Å². The SMILES string of the molecule is CNCc1cccc2c1CC(CCCB(O)O)C2(NC)C(=O)O. The van der Waals surface area contributed by atoms with Crippen LogP contribution in [0.1, 0.15) is 29.5 Å². The monoisotopic (exact) mass is 320 g/mol. The predicted octanol–water partition coefficient (Wildman–Crippen LogP) is 0.331. The summed E-state index contributed by atoms with van der Waals surface area (Å²) in [6.45, 7) is 0.699. The van der Waals surface area contributed by atoms with E-state index in [2.05, 4.69) is 10.6 Å². The normalized spacial score (nSPS) is 22.9. The van der Waals surface area contributed by atoms with Crippen molar-refractivity contribution >= 4 is 13.1 Å². The predicted molar refractivity (Wildman–Crippen MR) is 89.0 cm³/mol. The van der Waals surface area contributed by atoms with E-state index in [1.165, 1.54) is 0 Å². The molecule has 0 aromatic heterocycles. The van der Waals surface area contributed by atoms with E-state index in [4.69, 9.17) is 10.0 Å². The van der Waals surface area contributed by atoms with Crippen LogP contribution in [-0.4, -0.2) is 42.3 Å². The molecule has 2 unspecified atom stereocenters. The van der Waals surface area contributed by atoms with Crippen molar-refractivity contribution < 1.29 is 19.9 Å². The Bertz CT molecular complexity index is 567. The van der Waals surface area contributed by atoms with Crippen LogP contribution in [-0.2, 0) is 23.3 Å². The number of carboxylic acid groups (broad SMARTS) is 1. The lowest BCUT2D eigenvalue weighted by atomic mass is 9.77. The first-order chi connectivity index (χ1) is 11.0. The van der Waals surface area contributed by atoms with E-state index in [9.17, 15) is 9.90 Å². The van der Waals surface area contributed by atoms with Gasteiger partial charge < -0.3 is 25.8 Å². The molecule has 0 heterocycles. The van der Waals surface area contributed by atoms with Crippen molar-refractivity contribution in [2.24, 2.45) is 5.92 Å². The molecule has 1 aromatic carbocycles. The van der Waals surface area contributed by atoms with Gasteiger partial charge in [0, 0.05) is 6.54 Å². The second kappa shape index (κ2) is 7.44. The van der Waals surface area contributed by atoms with Gasteiger partial charge in [-0.1, -0.05) is 24.6 Å². The first-order valence-electron chi connectivity index (χ1n) is 8.01. The minimum Gasteiger partial charge on any atom is -0.480 e. The largest absolute Gasteiger partial charge is 0.480 e. The summed E-state index contributed by atoms with van der Waals surface area (Å²) >= 11 is 0. The molecule has 0 aliphatic heterocycles. The Morgan fingerprint density at radius 2 is 2.13 bits per heavy atom. The summed E-state index contributed by atoms with van der Waals surface area (Å²) < 4.78 is 0. The molecule has 0 fully saturated rings. The fourth-order valence-corrected chi connectivity index (χ4v) is 3.82. The van der Waals surface area contributed by atoms with Crippen LogP contribution in [0.3, 0.4) is 0 Å². The van der Waals surface area contributed by atoms with Crippen LogP contribution in [0, 0.1) is 5.92 Å². The second-order valence-electron chi connectivity index (χ2n) is 6.15. The molecular weight excluding hydrogens is 295 g/mol. The number of nitrogens with one attached hydrogen (secondary N) is 2. The van der Waals surface area contributed by atoms with Crippen LogP contribution < -0.4 is 10.6 Å². The van der Waals surface area contributed by atoms with Crippen molar-refractivity contribution in [3.8, 4) is 0 Å². The molecule has 7 heteroatoms. The quantitative estimate of drug-likeness (QED) is 0.443. The van der Waals surface area contributed by atoms with E-state index in [0.717, 1.165) is 16.7 Å². The first-order valence-corrected chi connectivity index (χ1v) is 8.01. The Balaban J connectivity index is 2.37. The van der Waals surface area contributed by atoms with Crippen molar-refractivity contribution in [3.63, 3.8) is 0 Å². The average molecular weight is 320 g/mol. The van der Waals surface area contributed by atoms with Gasteiger partial charge in [-0.2, -0.15) is 0 Å². The number of aliphatic carboxylic acids is 1. The van der Waals surface area contributed by atoms with E-state index in [1.54, 1.807) is 7.05 Å². The second-order valence-corrected chi connectivity index (χ2v) is 6.15. The number of rotatable bonds is 8. The van der Waals surface area contributed by atoms with Gasteiger partial charge in [-0.05, 0) is 55.9 Å². The van der Waals surface area contributed by atoms with Crippen LogP contribution in [0.5, 0.6) is 0 Å². The van der Waals surface area contributed by atoms with Crippen LogP contribution >= 0.6 is 0 Å². The van der Waals surface area contributed by atoms with Gasteiger partial charge >= 0.3 is 13.1 Å². The maximum Gasteiger partial charge on any atom is 0.451 e. The summed E-state index contributed by atoms with van der Waals surface area (Å²) in [4.78, 5) is 12.1. The van der Waals surface area contributed by atoms with Crippen molar-refractivity contribution in [1.82, 2.24) is 10.6 Å². The molecule has 6 nitrogen and oxygen atoms in total. The van der Waals surface area contributed by atoms with Gasteiger partial charge in [-0.15, -0.1) is 0 Å². The van der Waals surface area contributed by atoms with Gasteiger partial charge in [-0.3, -0.25) is 0 Å². The van der Waals surface area contributed by atoms with Crippen molar-refractivity contribution in [3.05, 3.63) is 34.9 Å². The highest BCUT2D eigenvalue weighted by Gasteiger charge is 2.51. The minimum absolute atomic E-state index is 0.114. The highest BCUT2D eigenvalue weighted by Crippen LogP contribution is 2.45. The fourth-order valence-electron chi connectivity index (χ4n) is 3.82. The molecule has 2 rings (SSSR count). The summed E-state index contributed by atoms with van der Waals surface area (Å²) in [5, 5.41) is 34.2. The number of carboxylic acids is 1.